The fraction of sp³-hybridized carbons (Fsp3) is 0.188. The molecule has 2 aromatic rings. The Hall–Kier alpha value is -1.99. The summed E-state index contributed by atoms with van der Waals surface area (Å²) in [6, 6.07) is 8.85. The van der Waals surface area contributed by atoms with Crippen molar-refractivity contribution in [2.75, 3.05) is 5.75 Å². The zero-order valence-electron chi connectivity index (χ0n) is 12.4. The summed E-state index contributed by atoms with van der Waals surface area (Å²) >= 11 is 5.79. The van der Waals surface area contributed by atoms with Gasteiger partial charge in [0.25, 0.3) is 0 Å². The van der Waals surface area contributed by atoms with Gasteiger partial charge in [0, 0.05) is 11.6 Å². The van der Waals surface area contributed by atoms with E-state index in [4.69, 9.17) is 11.6 Å². The van der Waals surface area contributed by atoms with Crippen molar-refractivity contribution in [1.82, 2.24) is 5.32 Å². The van der Waals surface area contributed by atoms with E-state index in [0.717, 1.165) is 12.1 Å². The van der Waals surface area contributed by atoms with E-state index in [2.05, 4.69) is 5.32 Å². The second kappa shape index (κ2) is 7.72. The van der Waals surface area contributed by atoms with Crippen LogP contribution in [0.3, 0.4) is 0 Å². The molecular weight excluding hydrogens is 360 g/mol. The van der Waals surface area contributed by atoms with E-state index in [-0.39, 0.29) is 17.1 Å². The van der Waals surface area contributed by atoms with Gasteiger partial charge in [-0.05, 0) is 35.4 Å². The number of halogens is 3. The lowest BCUT2D eigenvalue weighted by atomic mass is 10.2. The molecule has 0 saturated heterocycles. The van der Waals surface area contributed by atoms with Crippen molar-refractivity contribution in [3.63, 3.8) is 0 Å². The highest BCUT2D eigenvalue weighted by Gasteiger charge is 2.19. The topological polar surface area (TPSA) is 63.2 Å². The van der Waals surface area contributed by atoms with Gasteiger partial charge in [-0.2, -0.15) is 0 Å². The predicted octanol–water partition coefficient (Wildman–Crippen LogP) is 2.85. The number of hydrogen-bond donors (Lipinski definition) is 1. The van der Waals surface area contributed by atoms with E-state index in [0.29, 0.717) is 5.56 Å². The van der Waals surface area contributed by atoms with Gasteiger partial charge in [0.2, 0.25) is 5.91 Å². The maximum atomic E-state index is 13.0. The molecule has 0 aliphatic rings. The molecule has 0 fully saturated rings. The molecule has 4 nitrogen and oxygen atoms in total. The van der Waals surface area contributed by atoms with Gasteiger partial charge in [0.1, 0.15) is 17.4 Å². The van der Waals surface area contributed by atoms with Crippen LogP contribution in [-0.4, -0.2) is 20.1 Å². The number of carbonyl (C=O) groups excluding carboxylic acids is 1. The van der Waals surface area contributed by atoms with Gasteiger partial charge in [-0.1, -0.05) is 29.8 Å². The second-order valence-corrected chi connectivity index (χ2v) is 7.64. The van der Waals surface area contributed by atoms with Crippen molar-refractivity contribution in [3.8, 4) is 0 Å². The number of carbonyl (C=O) groups is 1. The summed E-state index contributed by atoms with van der Waals surface area (Å²) in [7, 11) is -3.76. The molecule has 128 valence electrons. The average molecular weight is 374 g/mol. The Morgan fingerprint density at radius 1 is 1.04 bits per heavy atom. The molecule has 0 aliphatic carbocycles. The first-order valence-electron chi connectivity index (χ1n) is 6.91. The molecule has 0 unspecified atom stereocenters. The Morgan fingerprint density at radius 2 is 1.67 bits per heavy atom. The van der Waals surface area contributed by atoms with Crippen molar-refractivity contribution in [2.45, 2.75) is 12.3 Å². The predicted molar refractivity (Wildman–Crippen MR) is 87.1 cm³/mol. The summed E-state index contributed by atoms with van der Waals surface area (Å²) in [6.45, 7) is 0.0892. The third kappa shape index (κ3) is 5.58. The molecule has 0 radical (unpaired) electrons. The summed E-state index contributed by atoms with van der Waals surface area (Å²) in [4.78, 5) is 11.8. The Morgan fingerprint density at radius 3 is 2.29 bits per heavy atom. The number of amides is 1. The Kier molecular flexibility index (Phi) is 5.90. The molecule has 1 N–H and O–H groups in total. The van der Waals surface area contributed by atoms with Crippen molar-refractivity contribution in [3.05, 3.63) is 70.2 Å². The van der Waals surface area contributed by atoms with Gasteiger partial charge in [-0.15, -0.1) is 0 Å². The second-order valence-electron chi connectivity index (χ2n) is 5.17. The normalized spacial score (nSPS) is 11.3. The van der Waals surface area contributed by atoms with Crippen molar-refractivity contribution >= 4 is 27.3 Å². The Labute approximate surface area is 143 Å². The van der Waals surface area contributed by atoms with E-state index in [1.54, 1.807) is 0 Å². The van der Waals surface area contributed by atoms with Crippen molar-refractivity contribution < 1.29 is 22.0 Å². The highest BCUT2D eigenvalue weighted by atomic mass is 35.5. The van der Waals surface area contributed by atoms with E-state index in [9.17, 15) is 22.0 Å². The lowest BCUT2D eigenvalue weighted by molar-refractivity contribution is -0.118. The van der Waals surface area contributed by atoms with Crippen LogP contribution < -0.4 is 5.32 Å². The third-order valence-corrected chi connectivity index (χ3v) is 4.95. The zero-order chi connectivity index (χ0) is 17.7. The van der Waals surface area contributed by atoms with Crippen LogP contribution in [-0.2, 0) is 26.9 Å². The van der Waals surface area contributed by atoms with Crippen molar-refractivity contribution in [2.24, 2.45) is 0 Å². The van der Waals surface area contributed by atoms with Crippen molar-refractivity contribution in [1.29, 1.82) is 0 Å². The fourth-order valence-corrected chi connectivity index (χ4v) is 3.62. The summed E-state index contributed by atoms with van der Waals surface area (Å²) in [5.41, 5.74) is 0.869. The molecule has 0 aromatic heterocycles. The maximum absolute atomic E-state index is 13.0. The van der Waals surface area contributed by atoms with Gasteiger partial charge >= 0.3 is 0 Å². The van der Waals surface area contributed by atoms with Crippen LogP contribution in [0.15, 0.2) is 42.5 Å². The third-order valence-electron chi connectivity index (χ3n) is 3.14. The standard InChI is InChI=1S/C16H14ClF2NO3S/c17-15-7-14(19)6-3-12(15)9-24(22,23)10-16(21)20-8-11-1-4-13(18)5-2-11/h1-7H,8-10H2,(H,20,21). The van der Waals surface area contributed by atoms with Gasteiger partial charge in [-0.3, -0.25) is 4.79 Å². The lowest BCUT2D eigenvalue weighted by Crippen LogP contribution is -2.30. The minimum atomic E-state index is -3.76. The smallest absolute Gasteiger partial charge is 0.235 e. The van der Waals surface area contributed by atoms with Gasteiger partial charge in [-0.25, -0.2) is 17.2 Å². The van der Waals surface area contributed by atoms with Crippen LogP contribution in [0.1, 0.15) is 11.1 Å². The van der Waals surface area contributed by atoms with Crippen LogP contribution in [0.2, 0.25) is 5.02 Å². The number of sulfone groups is 1. The van der Waals surface area contributed by atoms with Crippen LogP contribution in [0, 0.1) is 11.6 Å². The first kappa shape index (κ1) is 18.4. The summed E-state index contributed by atoms with van der Waals surface area (Å²) in [5, 5.41) is 2.44. The Bertz CT molecular complexity index is 839. The summed E-state index contributed by atoms with van der Waals surface area (Å²) < 4.78 is 49.8. The summed E-state index contributed by atoms with van der Waals surface area (Å²) in [6.07, 6.45) is 0. The van der Waals surface area contributed by atoms with E-state index in [1.165, 1.54) is 30.3 Å². The average Bonchev–Trinajstić information content (AvgIpc) is 2.49. The van der Waals surface area contributed by atoms with E-state index in [1.807, 2.05) is 0 Å². The molecule has 24 heavy (non-hydrogen) atoms. The van der Waals surface area contributed by atoms with Crippen LogP contribution >= 0.6 is 11.6 Å². The molecule has 1 amide bonds. The molecule has 0 saturated carbocycles. The molecule has 0 heterocycles. The number of rotatable bonds is 6. The SMILES string of the molecule is O=C(CS(=O)(=O)Cc1ccc(F)cc1Cl)NCc1ccc(F)cc1. The highest BCUT2D eigenvalue weighted by molar-refractivity contribution is 7.91. The largest absolute Gasteiger partial charge is 0.351 e. The van der Waals surface area contributed by atoms with Gasteiger partial charge in [0.15, 0.2) is 9.84 Å². The quantitative estimate of drug-likeness (QED) is 0.846. The molecule has 2 rings (SSSR count). The fourth-order valence-electron chi connectivity index (χ4n) is 1.98. The molecule has 0 spiro atoms. The van der Waals surface area contributed by atoms with E-state index >= 15 is 0 Å². The van der Waals surface area contributed by atoms with Crippen LogP contribution in [0.5, 0.6) is 0 Å². The maximum Gasteiger partial charge on any atom is 0.235 e. The van der Waals surface area contributed by atoms with E-state index < -0.39 is 38.9 Å². The number of nitrogens with one attached hydrogen (secondary N) is 1. The lowest BCUT2D eigenvalue weighted by Gasteiger charge is -2.08. The van der Waals surface area contributed by atoms with Gasteiger partial charge < -0.3 is 5.32 Å². The van der Waals surface area contributed by atoms with Gasteiger partial charge in [0.05, 0.1) is 5.75 Å². The first-order chi connectivity index (χ1) is 11.2. The minimum absolute atomic E-state index is 0.00899. The minimum Gasteiger partial charge on any atom is -0.351 e. The molecule has 0 bridgehead atoms. The monoisotopic (exact) mass is 373 g/mol. The molecule has 0 atom stereocenters. The molecule has 8 heteroatoms. The molecular formula is C16H14ClF2NO3S. The molecule has 0 aliphatic heterocycles. The first-order valence-corrected chi connectivity index (χ1v) is 9.10. The number of hydrogen-bond acceptors (Lipinski definition) is 3. The van der Waals surface area contributed by atoms with Crippen LogP contribution in [0.4, 0.5) is 8.78 Å². The number of benzene rings is 2. The van der Waals surface area contributed by atoms with Crippen LogP contribution in [0.25, 0.3) is 0 Å². The summed E-state index contributed by atoms with van der Waals surface area (Å²) in [5.74, 6) is -2.84. The zero-order valence-corrected chi connectivity index (χ0v) is 14.0. The Balaban J connectivity index is 1.93. The highest BCUT2D eigenvalue weighted by Crippen LogP contribution is 2.19. The molecule has 2 aromatic carbocycles.